The highest BCUT2D eigenvalue weighted by Crippen LogP contribution is 2.39. The number of rotatable bonds is 4. The molecular weight excluding hydrogens is 226 g/mol. The lowest BCUT2D eigenvalue weighted by Gasteiger charge is -2.20. The van der Waals surface area contributed by atoms with Crippen LogP contribution in [0.2, 0.25) is 0 Å². The molecule has 2 unspecified atom stereocenters. The second-order valence-corrected chi connectivity index (χ2v) is 5.36. The summed E-state index contributed by atoms with van der Waals surface area (Å²) in [5, 5.41) is 3.55. The smallest absolute Gasteiger partial charge is 0.130 e. The lowest BCUT2D eigenvalue weighted by Crippen LogP contribution is -2.31. The van der Waals surface area contributed by atoms with Crippen LogP contribution in [0, 0.1) is 12.8 Å². The zero-order chi connectivity index (χ0) is 12.5. The number of aromatic nitrogens is 2. The maximum absolute atomic E-state index is 5.84. The maximum atomic E-state index is 5.84. The molecule has 0 radical (unpaired) electrons. The quantitative estimate of drug-likeness (QED) is 0.887. The predicted octanol–water partition coefficient (Wildman–Crippen LogP) is 2.33. The van der Waals surface area contributed by atoms with Gasteiger partial charge in [0.05, 0.1) is 12.1 Å². The summed E-state index contributed by atoms with van der Waals surface area (Å²) in [7, 11) is 0. The van der Waals surface area contributed by atoms with Crippen molar-refractivity contribution in [3.63, 3.8) is 0 Å². The van der Waals surface area contributed by atoms with Crippen LogP contribution in [0.25, 0.3) is 0 Å². The molecule has 3 rings (SSSR count). The zero-order valence-electron chi connectivity index (χ0n) is 11.1. The molecule has 2 aliphatic rings. The Bertz CT molecular complexity index is 431. The van der Waals surface area contributed by atoms with Crippen molar-refractivity contribution in [2.75, 3.05) is 11.9 Å². The average Bonchev–Trinajstić information content (AvgIpc) is 3.10. The zero-order valence-corrected chi connectivity index (χ0v) is 11.1. The van der Waals surface area contributed by atoms with Gasteiger partial charge in [0.25, 0.3) is 0 Å². The molecule has 0 aromatic carbocycles. The van der Waals surface area contributed by atoms with Gasteiger partial charge in [-0.05, 0) is 38.5 Å². The summed E-state index contributed by atoms with van der Waals surface area (Å²) in [6.45, 7) is 4.95. The van der Waals surface area contributed by atoms with E-state index in [1.54, 1.807) is 0 Å². The summed E-state index contributed by atoms with van der Waals surface area (Å²) < 4.78 is 5.84. The number of ether oxygens (including phenoxy) is 1. The predicted molar refractivity (Wildman–Crippen MR) is 70.6 cm³/mol. The minimum atomic E-state index is 0.394. The highest BCUT2D eigenvalue weighted by molar-refractivity contribution is 5.38. The minimum Gasteiger partial charge on any atom is -0.376 e. The fourth-order valence-electron chi connectivity index (χ4n) is 2.73. The topological polar surface area (TPSA) is 47.0 Å². The summed E-state index contributed by atoms with van der Waals surface area (Å²) in [5.41, 5.74) is 1.10. The Balaban J connectivity index is 1.73. The highest BCUT2D eigenvalue weighted by Gasteiger charge is 2.40. The largest absolute Gasteiger partial charge is 0.376 e. The molecule has 4 nitrogen and oxygen atoms in total. The van der Waals surface area contributed by atoms with E-state index in [2.05, 4.69) is 28.3 Å². The molecule has 1 aromatic heterocycles. The SMILES string of the molecule is CCc1cc(NC2CCOC2C2CC2)nc(C)n1. The summed E-state index contributed by atoms with van der Waals surface area (Å²) in [6, 6.07) is 2.49. The summed E-state index contributed by atoms with van der Waals surface area (Å²) in [4.78, 5) is 8.89. The molecule has 2 fully saturated rings. The molecule has 98 valence electrons. The minimum absolute atomic E-state index is 0.394. The van der Waals surface area contributed by atoms with Gasteiger partial charge in [-0.25, -0.2) is 9.97 Å². The van der Waals surface area contributed by atoms with Gasteiger partial charge in [0.2, 0.25) is 0 Å². The summed E-state index contributed by atoms with van der Waals surface area (Å²) >= 11 is 0. The Morgan fingerprint density at radius 3 is 2.89 bits per heavy atom. The van der Waals surface area contributed by atoms with Gasteiger partial charge in [0, 0.05) is 18.4 Å². The molecule has 2 heterocycles. The summed E-state index contributed by atoms with van der Waals surface area (Å²) in [5.74, 6) is 2.58. The van der Waals surface area contributed by atoms with Crippen LogP contribution in [-0.2, 0) is 11.2 Å². The van der Waals surface area contributed by atoms with Crippen molar-refractivity contribution in [2.24, 2.45) is 5.92 Å². The van der Waals surface area contributed by atoms with E-state index in [-0.39, 0.29) is 0 Å². The Labute approximate surface area is 108 Å². The van der Waals surface area contributed by atoms with Crippen LogP contribution >= 0.6 is 0 Å². The van der Waals surface area contributed by atoms with Gasteiger partial charge in [-0.2, -0.15) is 0 Å². The van der Waals surface area contributed by atoms with E-state index in [0.29, 0.717) is 12.1 Å². The standard InChI is InChI=1S/C14H21N3O/c1-3-11-8-13(16-9(2)15-11)17-12-6-7-18-14(12)10-4-5-10/h8,10,12,14H,3-7H2,1-2H3,(H,15,16,17). The molecule has 4 heteroatoms. The van der Waals surface area contributed by atoms with Crippen LogP contribution < -0.4 is 5.32 Å². The molecule has 1 saturated carbocycles. The van der Waals surface area contributed by atoms with Gasteiger partial charge in [-0.15, -0.1) is 0 Å². The van der Waals surface area contributed by atoms with Crippen LogP contribution in [0.15, 0.2) is 6.07 Å². The van der Waals surface area contributed by atoms with E-state index >= 15 is 0 Å². The number of hydrogen-bond acceptors (Lipinski definition) is 4. The number of nitrogens with zero attached hydrogens (tertiary/aromatic N) is 2. The Hall–Kier alpha value is -1.16. The van der Waals surface area contributed by atoms with Gasteiger partial charge in [0.15, 0.2) is 0 Å². The molecule has 1 saturated heterocycles. The Kier molecular flexibility index (Phi) is 3.20. The van der Waals surface area contributed by atoms with Crippen molar-refractivity contribution in [1.82, 2.24) is 9.97 Å². The van der Waals surface area contributed by atoms with E-state index in [0.717, 1.165) is 42.7 Å². The number of aryl methyl sites for hydroxylation is 2. The van der Waals surface area contributed by atoms with Crippen LogP contribution in [0.3, 0.4) is 0 Å². The molecule has 1 N–H and O–H groups in total. The van der Waals surface area contributed by atoms with Crippen molar-refractivity contribution in [1.29, 1.82) is 0 Å². The van der Waals surface area contributed by atoms with Gasteiger partial charge >= 0.3 is 0 Å². The van der Waals surface area contributed by atoms with Crippen LogP contribution in [0.4, 0.5) is 5.82 Å². The number of anilines is 1. The molecule has 1 aliphatic heterocycles. The first-order valence-corrected chi connectivity index (χ1v) is 6.99. The van der Waals surface area contributed by atoms with E-state index in [1.165, 1.54) is 12.8 Å². The molecule has 2 atom stereocenters. The van der Waals surface area contributed by atoms with Crippen molar-refractivity contribution < 1.29 is 4.74 Å². The van der Waals surface area contributed by atoms with E-state index < -0.39 is 0 Å². The molecule has 0 bridgehead atoms. The van der Waals surface area contributed by atoms with E-state index in [4.69, 9.17) is 4.74 Å². The van der Waals surface area contributed by atoms with Crippen LogP contribution in [0.1, 0.15) is 37.7 Å². The molecular formula is C14H21N3O. The highest BCUT2D eigenvalue weighted by atomic mass is 16.5. The first-order chi connectivity index (χ1) is 8.76. The molecule has 18 heavy (non-hydrogen) atoms. The van der Waals surface area contributed by atoms with Crippen molar-refractivity contribution >= 4 is 5.82 Å². The van der Waals surface area contributed by atoms with Gasteiger partial charge in [-0.3, -0.25) is 0 Å². The first kappa shape index (κ1) is 11.9. The second-order valence-electron chi connectivity index (χ2n) is 5.36. The lowest BCUT2D eigenvalue weighted by atomic mass is 10.1. The molecule has 1 aromatic rings. The third-order valence-corrected chi connectivity index (χ3v) is 3.81. The van der Waals surface area contributed by atoms with Crippen molar-refractivity contribution in [2.45, 2.75) is 51.7 Å². The number of hydrogen-bond donors (Lipinski definition) is 1. The number of nitrogens with one attached hydrogen (secondary N) is 1. The van der Waals surface area contributed by atoms with Gasteiger partial charge < -0.3 is 10.1 Å². The third-order valence-electron chi connectivity index (χ3n) is 3.81. The molecule has 0 amide bonds. The monoisotopic (exact) mass is 247 g/mol. The molecule has 1 aliphatic carbocycles. The van der Waals surface area contributed by atoms with E-state index in [1.807, 2.05) is 6.92 Å². The van der Waals surface area contributed by atoms with Crippen LogP contribution in [0.5, 0.6) is 0 Å². The van der Waals surface area contributed by atoms with Gasteiger partial charge in [0.1, 0.15) is 11.6 Å². The molecule has 0 spiro atoms. The fraction of sp³-hybridized carbons (Fsp3) is 0.714. The fourth-order valence-corrected chi connectivity index (χ4v) is 2.73. The third kappa shape index (κ3) is 2.48. The van der Waals surface area contributed by atoms with Crippen LogP contribution in [-0.4, -0.2) is 28.7 Å². The second kappa shape index (κ2) is 4.84. The first-order valence-electron chi connectivity index (χ1n) is 6.99. The van der Waals surface area contributed by atoms with Crippen molar-refractivity contribution in [3.8, 4) is 0 Å². The van der Waals surface area contributed by atoms with E-state index in [9.17, 15) is 0 Å². The van der Waals surface area contributed by atoms with Crippen molar-refractivity contribution in [3.05, 3.63) is 17.6 Å². The lowest BCUT2D eigenvalue weighted by molar-refractivity contribution is 0.0898. The van der Waals surface area contributed by atoms with Gasteiger partial charge in [-0.1, -0.05) is 6.92 Å². The Morgan fingerprint density at radius 1 is 1.33 bits per heavy atom. The summed E-state index contributed by atoms with van der Waals surface area (Å²) in [6.07, 6.45) is 5.08. The maximum Gasteiger partial charge on any atom is 0.130 e. The Morgan fingerprint density at radius 2 is 2.17 bits per heavy atom. The normalized spacial score (nSPS) is 27.4. The average molecular weight is 247 g/mol.